The predicted octanol–water partition coefficient (Wildman–Crippen LogP) is 2.74. The van der Waals surface area contributed by atoms with Crippen molar-refractivity contribution in [2.45, 2.75) is 19.8 Å². The lowest BCUT2D eigenvalue weighted by Crippen LogP contribution is -2.00. The number of carbonyl (C=O) groups excluding carboxylic acids is 1. The van der Waals surface area contributed by atoms with E-state index in [1.165, 1.54) is 7.11 Å². The van der Waals surface area contributed by atoms with Crippen LogP contribution in [0.1, 0.15) is 36.0 Å². The molecule has 0 unspecified atom stereocenters. The fourth-order valence-corrected chi connectivity index (χ4v) is 1.43. The monoisotopic (exact) mass is 219 g/mol. The van der Waals surface area contributed by atoms with Gasteiger partial charge in [0.05, 0.1) is 12.7 Å². The zero-order chi connectivity index (χ0) is 11.7. The van der Waals surface area contributed by atoms with E-state index in [1.807, 2.05) is 13.8 Å². The molecule has 1 aromatic carbocycles. The average molecular weight is 219 g/mol. The van der Waals surface area contributed by atoms with Crippen LogP contribution in [0.2, 0.25) is 0 Å². The number of rotatable bonds is 2. The van der Waals surface area contributed by atoms with Gasteiger partial charge in [-0.1, -0.05) is 13.8 Å². The van der Waals surface area contributed by atoms with E-state index < -0.39 is 0 Å². The summed E-state index contributed by atoms with van der Waals surface area (Å²) >= 11 is 0. The van der Waals surface area contributed by atoms with Crippen LogP contribution >= 0.6 is 0 Å². The van der Waals surface area contributed by atoms with E-state index >= 15 is 0 Å². The average Bonchev–Trinajstić information content (AvgIpc) is 2.70. The third kappa shape index (κ3) is 1.78. The molecule has 4 heteroatoms. The van der Waals surface area contributed by atoms with Gasteiger partial charge in [-0.2, -0.15) is 0 Å². The Kier molecular flexibility index (Phi) is 2.64. The van der Waals surface area contributed by atoms with Gasteiger partial charge in [0, 0.05) is 5.92 Å². The number of nitrogens with zero attached hydrogens (tertiary/aromatic N) is 1. The van der Waals surface area contributed by atoms with Crippen LogP contribution in [0.3, 0.4) is 0 Å². The van der Waals surface area contributed by atoms with Gasteiger partial charge in [-0.3, -0.25) is 0 Å². The second-order valence-electron chi connectivity index (χ2n) is 3.88. The van der Waals surface area contributed by atoms with Crippen LogP contribution in [-0.4, -0.2) is 18.1 Å². The molecule has 1 aromatic heterocycles. The molecule has 0 bridgehead atoms. The molecule has 0 aliphatic heterocycles. The molecule has 2 aromatic rings. The van der Waals surface area contributed by atoms with Gasteiger partial charge in [-0.25, -0.2) is 9.78 Å². The maximum absolute atomic E-state index is 11.3. The van der Waals surface area contributed by atoms with Crippen molar-refractivity contribution < 1.29 is 13.9 Å². The second kappa shape index (κ2) is 3.96. The number of oxazole rings is 1. The molecule has 84 valence electrons. The number of aromatic nitrogens is 1. The standard InChI is InChI=1S/C12H13NO3/c1-7(2)11-13-9-5-4-8(12(14)15-3)6-10(9)16-11/h4-7H,1-3H3. The lowest BCUT2D eigenvalue weighted by Gasteiger charge is -1.97. The quantitative estimate of drug-likeness (QED) is 0.729. The maximum Gasteiger partial charge on any atom is 0.337 e. The fraction of sp³-hybridized carbons (Fsp3) is 0.333. The first-order valence-corrected chi connectivity index (χ1v) is 5.10. The molecule has 0 N–H and O–H groups in total. The number of methoxy groups -OCH3 is 1. The molecule has 16 heavy (non-hydrogen) atoms. The molecule has 0 amide bonds. The highest BCUT2D eigenvalue weighted by atomic mass is 16.5. The van der Waals surface area contributed by atoms with E-state index in [-0.39, 0.29) is 11.9 Å². The lowest BCUT2D eigenvalue weighted by molar-refractivity contribution is 0.0601. The van der Waals surface area contributed by atoms with E-state index in [0.717, 1.165) is 5.52 Å². The molecule has 0 saturated carbocycles. The van der Waals surface area contributed by atoms with Gasteiger partial charge >= 0.3 is 5.97 Å². The summed E-state index contributed by atoms with van der Waals surface area (Å²) in [5, 5.41) is 0. The minimum Gasteiger partial charge on any atom is -0.465 e. The summed E-state index contributed by atoms with van der Waals surface area (Å²) in [6, 6.07) is 5.10. The van der Waals surface area contributed by atoms with E-state index in [4.69, 9.17) is 4.42 Å². The molecule has 0 radical (unpaired) electrons. The summed E-state index contributed by atoms with van der Waals surface area (Å²) in [6.45, 7) is 4.01. The molecule has 0 spiro atoms. The molecular formula is C12H13NO3. The van der Waals surface area contributed by atoms with Crippen LogP contribution in [0.5, 0.6) is 0 Å². The number of hydrogen-bond donors (Lipinski definition) is 0. The molecule has 0 aliphatic carbocycles. The van der Waals surface area contributed by atoms with E-state index in [0.29, 0.717) is 17.0 Å². The molecule has 0 fully saturated rings. The Labute approximate surface area is 93.2 Å². The van der Waals surface area contributed by atoms with Crippen LogP contribution in [-0.2, 0) is 4.74 Å². The summed E-state index contributed by atoms with van der Waals surface area (Å²) in [4.78, 5) is 15.6. The third-order valence-corrected chi connectivity index (χ3v) is 2.32. The Morgan fingerprint density at radius 3 is 2.81 bits per heavy atom. The summed E-state index contributed by atoms with van der Waals surface area (Å²) < 4.78 is 10.2. The molecule has 2 rings (SSSR count). The minimum absolute atomic E-state index is 0.231. The van der Waals surface area contributed by atoms with E-state index in [9.17, 15) is 4.79 Å². The van der Waals surface area contributed by atoms with Gasteiger partial charge < -0.3 is 9.15 Å². The molecule has 0 atom stereocenters. The molecule has 4 nitrogen and oxygen atoms in total. The van der Waals surface area contributed by atoms with Crippen molar-refractivity contribution in [1.29, 1.82) is 0 Å². The van der Waals surface area contributed by atoms with Crippen molar-refractivity contribution in [3.8, 4) is 0 Å². The van der Waals surface area contributed by atoms with E-state index in [1.54, 1.807) is 18.2 Å². The first kappa shape index (κ1) is 10.7. The van der Waals surface area contributed by atoms with Gasteiger partial charge in [0.1, 0.15) is 5.52 Å². The number of benzene rings is 1. The number of carbonyl (C=O) groups is 1. The van der Waals surface area contributed by atoms with Crippen molar-refractivity contribution in [2.75, 3.05) is 7.11 Å². The zero-order valence-corrected chi connectivity index (χ0v) is 9.48. The third-order valence-electron chi connectivity index (χ3n) is 2.32. The number of esters is 1. The first-order valence-electron chi connectivity index (χ1n) is 5.10. The lowest BCUT2D eigenvalue weighted by atomic mass is 10.2. The number of ether oxygens (including phenoxy) is 1. The Hall–Kier alpha value is -1.84. The van der Waals surface area contributed by atoms with Gasteiger partial charge in [-0.05, 0) is 18.2 Å². The minimum atomic E-state index is -0.371. The van der Waals surface area contributed by atoms with E-state index in [2.05, 4.69) is 9.72 Å². The summed E-state index contributed by atoms with van der Waals surface area (Å²) in [5.74, 6) is 0.537. The van der Waals surface area contributed by atoms with Gasteiger partial charge in [0.15, 0.2) is 11.5 Å². The Bertz CT molecular complexity index is 528. The SMILES string of the molecule is COC(=O)c1ccc2nc(C(C)C)oc2c1. The Balaban J connectivity index is 2.49. The Morgan fingerprint density at radius 1 is 1.44 bits per heavy atom. The molecule has 1 heterocycles. The number of fused-ring (bicyclic) bond motifs is 1. The van der Waals surface area contributed by atoms with Crippen LogP contribution in [0.25, 0.3) is 11.1 Å². The smallest absolute Gasteiger partial charge is 0.337 e. The summed E-state index contributed by atoms with van der Waals surface area (Å²) in [6.07, 6.45) is 0. The maximum atomic E-state index is 11.3. The summed E-state index contributed by atoms with van der Waals surface area (Å²) in [7, 11) is 1.35. The highest BCUT2D eigenvalue weighted by Crippen LogP contribution is 2.22. The Morgan fingerprint density at radius 2 is 2.19 bits per heavy atom. The van der Waals surface area contributed by atoms with Crippen molar-refractivity contribution in [2.24, 2.45) is 0 Å². The molecular weight excluding hydrogens is 206 g/mol. The second-order valence-corrected chi connectivity index (χ2v) is 3.88. The van der Waals surface area contributed by atoms with Crippen LogP contribution in [0.15, 0.2) is 22.6 Å². The van der Waals surface area contributed by atoms with Gasteiger partial charge in [0.2, 0.25) is 0 Å². The highest BCUT2D eigenvalue weighted by Gasteiger charge is 2.12. The normalized spacial score (nSPS) is 11.0. The first-order chi connectivity index (χ1) is 7.61. The highest BCUT2D eigenvalue weighted by molar-refractivity contribution is 5.93. The van der Waals surface area contributed by atoms with Crippen LogP contribution in [0, 0.1) is 0 Å². The zero-order valence-electron chi connectivity index (χ0n) is 9.48. The van der Waals surface area contributed by atoms with Crippen LogP contribution in [0.4, 0.5) is 0 Å². The van der Waals surface area contributed by atoms with Gasteiger partial charge in [0.25, 0.3) is 0 Å². The fourth-order valence-electron chi connectivity index (χ4n) is 1.43. The molecule has 0 saturated heterocycles. The van der Waals surface area contributed by atoms with Crippen LogP contribution < -0.4 is 0 Å². The van der Waals surface area contributed by atoms with Gasteiger partial charge in [-0.15, -0.1) is 0 Å². The topological polar surface area (TPSA) is 52.3 Å². The molecule has 0 aliphatic rings. The largest absolute Gasteiger partial charge is 0.465 e. The number of hydrogen-bond acceptors (Lipinski definition) is 4. The predicted molar refractivity (Wildman–Crippen MR) is 59.4 cm³/mol. The van der Waals surface area contributed by atoms with Crippen molar-refractivity contribution in [3.05, 3.63) is 29.7 Å². The van der Waals surface area contributed by atoms with Crippen molar-refractivity contribution >= 4 is 17.1 Å². The van der Waals surface area contributed by atoms with Crippen molar-refractivity contribution in [1.82, 2.24) is 4.98 Å². The van der Waals surface area contributed by atoms with Crippen molar-refractivity contribution in [3.63, 3.8) is 0 Å². The summed E-state index contributed by atoms with van der Waals surface area (Å²) in [5.41, 5.74) is 1.85.